The lowest BCUT2D eigenvalue weighted by atomic mass is 9.85. The Bertz CT molecular complexity index is 2550. The lowest BCUT2D eigenvalue weighted by molar-refractivity contribution is 1.57. The molecule has 0 unspecified atom stereocenters. The topological polar surface area (TPSA) is 0 Å². The summed E-state index contributed by atoms with van der Waals surface area (Å²) in [5.41, 5.74) is 12.3. The standard InChI is InChI=1S/C48H32/c1-2-14-34(15-3-1)47-43-23-6-8-25-45(43)48(46-26-9-7-24-44(46)47)42-22-12-21-40(32-42)38-19-10-17-36(30-38)37-18-11-20-39(31-37)41-28-27-33-13-4-5-16-35(33)29-41/h1-32H. The van der Waals surface area contributed by atoms with Crippen LogP contribution in [0.4, 0.5) is 0 Å². The lowest BCUT2D eigenvalue weighted by Crippen LogP contribution is -1.91. The van der Waals surface area contributed by atoms with Gasteiger partial charge in [0.15, 0.2) is 0 Å². The summed E-state index contributed by atoms with van der Waals surface area (Å²) in [7, 11) is 0. The molecule has 0 nitrogen and oxygen atoms in total. The molecule has 0 bridgehead atoms. The number of fused-ring (bicyclic) bond motifs is 3. The fourth-order valence-corrected chi connectivity index (χ4v) is 7.34. The van der Waals surface area contributed by atoms with Gasteiger partial charge in [0.25, 0.3) is 0 Å². The summed E-state index contributed by atoms with van der Waals surface area (Å²) in [5, 5.41) is 7.61. The average Bonchev–Trinajstić information content (AvgIpc) is 3.17. The minimum atomic E-state index is 1.21. The van der Waals surface area contributed by atoms with Crippen molar-refractivity contribution >= 4 is 32.3 Å². The van der Waals surface area contributed by atoms with E-state index >= 15 is 0 Å². The maximum atomic E-state index is 2.36. The van der Waals surface area contributed by atoms with Gasteiger partial charge < -0.3 is 0 Å². The molecule has 0 amide bonds. The molecule has 9 aromatic carbocycles. The molecule has 0 heteroatoms. The third-order valence-corrected chi connectivity index (χ3v) is 9.62. The van der Waals surface area contributed by atoms with Gasteiger partial charge in [0.1, 0.15) is 0 Å². The molecule has 0 radical (unpaired) electrons. The van der Waals surface area contributed by atoms with Crippen LogP contribution >= 0.6 is 0 Å². The van der Waals surface area contributed by atoms with E-state index in [9.17, 15) is 0 Å². The van der Waals surface area contributed by atoms with Gasteiger partial charge in [-0.1, -0.05) is 170 Å². The van der Waals surface area contributed by atoms with E-state index in [0.29, 0.717) is 0 Å². The van der Waals surface area contributed by atoms with Crippen LogP contribution in [-0.2, 0) is 0 Å². The molecule has 0 atom stereocenters. The molecule has 0 saturated carbocycles. The summed E-state index contributed by atoms with van der Waals surface area (Å²) in [6, 6.07) is 70.7. The molecule has 224 valence electrons. The minimum absolute atomic E-state index is 1.21. The predicted molar refractivity (Wildman–Crippen MR) is 206 cm³/mol. The fraction of sp³-hybridized carbons (Fsp3) is 0. The molecule has 0 aliphatic rings. The van der Waals surface area contributed by atoms with Crippen LogP contribution in [-0.4, -0.2) is 0 Å². The first-order valence-electron chi connectivity index (χ1n) is 16.6. The highest BCUT2D eigenvalue weighted by atomic mass is 14.2. The Morgan fingerprint density at radius 2 is 0.542 bits per heavy atom. The largest absolute Gasteiger partial charge is 0.0622 e. The Hall–Kier alpha value is -6.24. The van der Waals surface area contributed by atoms with E-state index in [0.717, 1.165) is 0 Å². The average molecular weight is 609 g/mol. The van der Waals surface area contributed by atoms with E-state index < -0.39 is 0 Å². The number of hydrogen-bond acceptors (Lipinski definition) is 0. The first kappa shape index (κ1) is 28.0. The molecule has 48 heavy (non-hydrogen) atoms. The summed E-state index contributed by atoms with van der Waals surface area (Å²) in [6.07, 6.45) is 0. The van der Waals surface area contributed by atoms with Gasteiger partial charge in [0.2, 0.25) is 0 Å². The van der Waals surface area contributed by atoms with Crippen LogP contribution in [0.2, 0.25) is 0 Å². The second-order valence-corrected chi connectivity index (χ2v) is 12.5. The maximum Gasteiger partial charge on any atom is -0.00262 e. The Morgan fingerprint density at radius 3 is 1.06 bits per heavy atom. The van der Waals surface area contributed by atoms with E-state index in [1.54, 1.807) is 0 Å². The molecule has 0 aromatic heterocycles. The quantitative estimate of drug-likeness (QED) is 0.171. The Labute approximate surface area is 281 Å². The highest BCUT2D eigenvalue weighted by Crippen LogP contribution is 2.44. The third-order valence-electron chi connectivity index (χ3n) is 9.62. The van der Waals surface area contributed by atoms with Gasteiger partial charge in [-0.2, -0.15) is 0 Å². The van der Waals surface area contributed by atoms with Gasteiger partial charge in [-0.15, -0.1) is 0 Å². The van der Waals surface area contributed by atoms with Crippen LogP contribution in [0, 0.1) is 0 Å². The predicted octanol–water partition coefficient (Wildman–Crippen LogP) is 13.5. The Balaban J connectivity index is 1.15. The molecule has 0 saturated heterocycles. The fourth-order valence-electron chi connectivity index (χ4n) is 7.34. The third kappa shape index (κ3) is 4.96. The van der Waals surface area contributed by atoms with Crippen molar-refractivity contribution in [2.75, 3.05) is 0 Å². The molecular formula is C48H32. The smallest absolute Gasteiger partial charge is 0.00262 e. The zero-order valence-electron chi connectivity index (χ0n) is 26.5. The van der Waals surface area contributed by atoms with Gasteiger partial charge in [0, 0.05) is 0 Å². The van der Waals surface area contributed by atoms with Crippen molar-refractivity contribution in [3.8, 4) is 55.6 Å². The number of rotatable bonds is 5. The van der Waals surface area contributed by atoms with Crippen molar-refractivity contribution in [2.24, 2.45) is 0 Å². The zero-order valence-corrected chi connectivity index (χ0v) is 26.5. The molecule has 9 aromatic rings. The molecule has 0 N–H and O–H groups in total. The summed E-state index contributed by atoms with van der Waals surface area (Å²) in [5.74, 6) is 0. The van der Waals surface area contributed by atoms with Gasteiger partial charge in [-0.25, -0.2) is 0 Å². The molecule has 0 aliphatic heterocycles. The van der Waals surface area contributed by atoms with Crippen molar-refractivity contribution in [3.05, 3.63) is 194 Å². The second-order valence-electron chi connectivity index (χ2n) is 12.5. The van der Waals surface area contributed by atoms with Crippen molar-refractivity contribution in [3.63, 3.8) is 0 Å². The van der Waals surface area contributed by atoms with Gasteiger partial charge >= 0.3 is 0 Å². The normalized spacial score (nSPS) is 11.3. The van der Waals surface area contributed by atoms with Gasteiger partial charge in [-0.3, -0.25) is 0 Å². The molecule has 0 spiro atoms. The van der Waals surface area contributed by atoms with Gasteiger partial charge in [0.05, 0.1) is 0 Å². The van der Waals surface area contributed by atoms with Crippen LogP contribution in [0.5, 0.6) is 0 Å². The Kier molecular flexibility index (Phi) is 6.91. The Morgan fingerprint density at radius 1 is 0.188 bits per heavy atom. The van der Waals surface area contributed by atoms with Crippen molar-refractivity contribution in [2.45, 2.75) is 0 Å². The second kappa shape index (κ2) is 11.8. The number of benzene rings is 9. The summed E-state index contributed by atoms with van der Waals surface area (Å²) >= 11 is 0. The summed E-state index contributed by atoms with van der Waals surface area (Å²) in [4.78, 5) is 0. The van der Waals surface area contributed by atoms with Crippen LogP contribution in [0.15, 0.2) is 194 Å². The van der Waals surface area contributed by atoms with Gasteiger partial charge in [-0.05, 0) is 112 Å². The molecular weight excluding hydrogens is 577 g/mol. The monoisotopic (exact) mass is 608 g/mol. The first-order valence-corrected chi connectivity index (χ1v) is 16.6. The SMILES string of the molecule is c1ccc(-c2c3ccccc3c(-c3cccc(-c4cccc(-c5cccc(-c6ccc7ccccc7c6)c5)c4)c3)c3ccccc23)cc1. The van der Waals surface area contributed by atoms with Crippen LogP contribution in [0.25, 0.3) is 88.0 Å². The van der Waals surface area contributed by atoms with Crippen molar-refractivity contribution in [1.29, 1.82) is 0 Å². The van der Waals surface area contributed by atoms with Crippen LogP contribution in [0.3, 0.4) is 0 Å². The highest BCUT2D eigenvalue weighted by Gasteiger charge is 2.16. The number of hydrogen-bond donors (Lipinski definition) is 0. The minimum Gasteiger partial charge on any atom is -0.0622 e. The molecule has 0 aliphatic carbocycles. The van der Waals surface area contributed by atoms with E-state index in [1.165, 1.54) is 88.0 Å². The summed E-state index contributed by atoms with van der Waals surface area (Å²) < 4.78 is 0. The van der Waals surface area contributed by atoms with Crippen LogP contribution in [0.1, 0.15) is 0 Å². The zero-order chi connectivity index (χ0) is 31.9. The van der Waals surface area contributed by atoms with E-state index in [4.69, 9.17) is 0 Å². The first-order chi connectivity index (χ1) is 23.8. The van der Waals surface area contributed by atoms with E-state index in [-0.39, 0.29) is 0 Å². The van der Waals surface area contributed by atoms with E-state index in [2.05, 4.69) is 194 Å². The van der Waals surface area contributed by atoms with E-state index in [1.807, 2.05) is 0 Å². The van der Waals surface area contributed by atoms with Crippen LogP contribution < -0.4 is 0 Å². The van der Waals surface area contributed by atoms with Crippen molar-refractivity contribution in [1.82, 2.24) is 0 Å². The van der Waals surface area contributed by atoms with Crippen molar-refractivity contribution < 1.29 is 0 Å². The maximum absolute atomic E-state index is 2.36. The summed E-state index contributed by atoms with van der Waals surface area (Å²) in [6.45, 7) is 0. The molecule has 9 rings (SSSR count). The highest BCUT2D eigenvalue weighted by molar-refractivity contribution is 6.21. The lowest BCUT2D eigenvalue weighted by Gasteiger charge is -2.18. The molecule has 0 fully saturated rings. The molecule has 0 heterocycles.